The average Bonchev–Trinajstić information content (AvgIpc) is 2.03. The number of halogens is 2. The first-order valence-electron chi connectivity index (χ1n) is 3.27. The Labute approximate surface area is 67.8 Å². The van der Waals surface area contributed by atoms with Crippen LogP contribution in [-0.4, -0.2) is 22.9 Å². The zero-order chi connectivity index (χ0) is 8.97. The molecule has 66 valence electrons. The molecule has 0 aliphatic heterocycles. The topological polar surface area (TPSA) is 63.8 Å². The highest BCUT2D eigenvalue weighted by Crippen LogP contribution is 2.11. The van der Waals surface area contributed by atoms with Gasteiger partial charge < -0.3 is 11.1 Å². The fraction of sp³-hybridized carbons (Fsp3) is 0.333. The van der Waals surface area contributed by atoms with E-state index in [0.29, 0.717) is 0 Å². The second kappa shape index (κ2) is 3.80. The SMILES string of the molecule is Nc1cncnc1NCC(F)F. The summed E-state index contributed by atoms with van der Waals surface area (Å²) in [6.45, 7) is -0.457. The fourth-order valence-electron chi connectivity index (χ4n) is 0.662. The predicted molar refractivity (Wildman–Crippen MR) is 40.9 cm³/mol. The van der Waals surface area contributed by atoms with Crippen molar-refractivity contribution >= 4 is 11.5 Å². The lowest BCUT2D eigenvalue weighted by Gasteiger charge is -2.05. The van der Waals surface area contributed by atoms with Crippen LogP contribution in [0.3, 0.4) is 0 Å². The lowest BCUT2D eigenvalue weighted by Crippen LogP contribution is -2.12. The molecule has 6 heteroatoms. The average molecular weight is 174 g/mol. The van der Waals surface area contributed by atoms with Crippen LogP contribution in [0.1, 0.15) is 0 Å². The van der Waals surface area contributed by atoms with Gasteiger partial charge in [0, 0.05) is 0 Å². The quantitative estimate of drug-likeness (QED) is 0.709. The summed E-state index contributed by atoms with van der Waals surface area (Å²) in [5, 5.41) is 2.39. The molecule has 0 aliphatic rings. The summed E-state index contributed by atoms with van der Waals surface area (Å²) in [6.07, 6.45) is 0.171. The van der Waals surface area contributed by atoms with Gasteiger partial charge in [0.25, 0.3) is 6.43 Å². The van der Waals surface area contributed by atoms with Crippen LogP contribution >= 0.6 is 0 Å². The summed E-state index contributed by atoms with van der Waals surface area (Å²) >= 11 is 0. The monoisotopic (exact) mass is 174 g/mol. The van der Waals surface area contributed by atoms with Crippen molar-refractivity contribution in [1.82, 2.24) is 9.97 Å². The third kappa shape index (κ3) is 2.30. The van der Waals surface area contributed by atoms with Gasteiger partial charge in [-0.25, -0.2) is 18.7 Å². The van der Waals surface area contributed by atoms with Gasteiger partial charge in [0.15, 0.2) is 5.82 Å². The highest BCUT2D eigenvalue weighted by molar-refractivity contribution is 5.58. The molecule has 0 aromatic carbocycles. The molecule has 0 saturated heterocycles. The number of anilines is 2. The minimum atomic E-state index is -2.42. The molecule has 1 heterocycles. The molecular formula is C6H8F2N4. The lowest BCUT2D eigenvalue weighted by atomic mass is 10.5. The summed E-state index contributed by atoms with van der Waals surface area (Å²) in [5.74, 6) is 0.241. The Morgan fingerprint density at radius 2 is 2.33 bits per heavy atom. The molecule has 12 heavy (non-hydrogen) atoms. The van der Waals surface area contributed by atoms with Crippen LogP contribution in [0.25, 0.3) is 0 Å². The zero-order valence-electron chi connectivity index (χ0n) is 6.17. The number of nitrogens with two attached hydrogens (primary N) is 1. The summed E-state index contributed by atoms with van der Waals surface area (Å²) in [5.41, 5.74) is 5.64. The molecular weight excluding hydrogens is 166 g/mol. The van der Waals surface area contributed by atoms with Gasteiger partial charge in [0.2, 0.25) is 0 Å². The molecule has 0 bridgehead atoms. The lowest BCUT2D eigenvalue weighted by molar-refractivity contribution is 0.163. The molecule has 1 aromatic rings. The Morgan fingerprint density at radius 3 is 2.92 bits per heavy atom. The second-order valence-corrected chi connectivity index (χ2v) is 2.10. The van der Waals surface area contributed by atoms with Crippen molar-refractivity contribution in [3.05, 3.63) is 12.5 Å². The molecule has 0 saturated carbocycles. The van der Waals surface area contributed by atoms with Crippen molar-refractivity contribution in [1.29, 1.82) is 0 Å². The first-order chi connectivity index (χ1) is 5.70. The standard InChI is InChI=1S/C6H8F2N4/c7-5(8)2-11-6-4(9)1-10-3-12-6/h1,3,5H,2,9H2,(H,10,11,12). The first kappa shape index (κ1) is 8.63. The Hall–Kier alpha value is -1.46. The highest BCUT2D eigenvalue weighted by atomic mass is 19.3. The minimum Gasteiger partial charge on any atom is -0.394 e. The molecule has 0 radical (unpaired) electrons. The molecule has 0 fully saturated rings. The first-order valence-corrected chi connectivity index (χ1v) is 3.27. The van der Waals surface area contributed by atoms with E-state index in [-0.39, 0.29) is 11.5 Å². The normalized spacial score (nSPS) is 10.2. The van der Waals surface area contributed by atoms with Gasteiger partial charge in [-0.3, -0.25) is 0 Å². The smallest absolute Gasteiger partial charge is 0.255 e. The minimum absolute atomic E-state index is 0.241. The zero-order valence-corrected chi connectivity index (χ0v) is 6.17. The maximum Gasteiger partial charge on any atom is 0.255 e. The van der Waals surface area contributed by atoms with E-state index in [1.807, 2.05) is 0 Å². The number of hydrogen-bond donors (Lipinski definition) is 2. The largest absolute Gasteiger partial charge is 0.394 e. The van der Waals surface area contributed by atoms with Crippen molar-refractivity contribution < 1.29 is 8.78 Å². The molecule has 1 rings (SSSR count). The van der Waals surface area contributed by atoms with E-state index in [9.17, 15) is 8.78 Å². The van der Waals surface area contributed by atoms with Gasteiger partial charge in [0.05, 0.1) is 18.4 Å². The van der Waals surface area contributed by atoms with E-state index in [1.54, 1.807) is 0 Å². The maximum absolute atomic E-state index is 11.7. The van der Waals surface area contributed by atoms with Gasteiger partial charge in [0.1, 0.15) is 6.33 Å². The van der Waals surface area contributed by atoms with Crippen molar-refractivity contribution in [3.8, 4) is 0 Å². The van der Waals surface area contributed by atoms with E-state index in [4.69, 9.17) is 5.73 Å². The van der Waals surface area contributed by atoms with Crippen LogP contribution in [0.4, 0.5) is 20.3 Å². The van der Waals surface area contributed by atoms with Crippen LogP contribution in [0.5, 0.6) is 0 Å². The van der Waals surface area contributed by atoms with E-state index >= 15 is 0 Å². The van der Waals surface area contributed by atoms with E-state index in [1.165, 1.54) is 12.5 Å². The molecule has 0 unspecified atom stereocenters. The third-order valence-electron chi connectivity index (χ3n) is 1.16. The predicted octanol–water partition coefficient (Wildman–Crippen LogP) is 0.736. The number of aromatic nitrogens is 2. The third-order valence-corrected chi connectivity index (χ3v) is 1.16. The fourth-order valence-corrected chi connectivity index (χ4v) is 0.662. The number of hydrogen-bond acceptors (Lipinski definition) is 4. The van der Waals surface area contributed by atoms with Crippen LogP contribution in [0.15, 0.2) is 12.5 Å². The number of nitrogens with zero attached hydrogens (tertiary/aromatic N) is 2. The summed E-state index contributed by atoms with van der Waals surface area (Å²) in [7, 11) is 0. The summed E-state index contributed by atoms with van der Waals surface area (Å²) in [6, 6.07) is 0. The van der Waals surface area contributed by atoms with Gasteiger partial charge in [-0.1, -0.05) is 0 Å². The molecule has 4 nitrogen and oxygen atoms in total. The molecule has 0 amide bonds. The van der Waals surface area contributed by atoms with Gasteiger partial charge >= 0.3 is 0 Å². The van der Waals surface area contributed by atoms with E-state index < -0.39 is 13.0 Å². The Bertz CT molecular complexity index is 253. The Morgan fingerprint density at radius 1 is 1.58 bits per heavy atom. The number of rotatable bonds is 3. The van der Waals surface area contributed by atoms with Gasteiger partial charge in [-0.05, 0) is 0 Å². The summed E-state index contributed by atoms with van der Waals surface area (Å²) < 4.78 is 23.4. The Kier molecular flexibility index (Phi) is 2.73. The number of alkyl halides is 2. The van der Waals surface area contributed by atoms with Crippen LogP contribution in [0.2, 0.25) is 0 Å². The Balaban J connectivity index is 2.57. The van der Waals surface area contributed by atoms with Crippen molar-refractivity contribution in [2.24, 2.45) is 0 Å². The molecule has 3 N–H and O–H groups in total. The van der Waals surface area contributed by atoms with Gasteiger partial charge in [-0.2, -0.15) is 0 Å². The van der Waals surface area contributed by atoms with Crippen molar-refractivity contribution in [3.63, 3.8) is 0 Å². The molecule has 1 aromatic heterocycles. The number of nitrogen functional groups attached to an aromatic ring is 1. The molecule has 0 atom stereocenters. The molecule has 0 aliphatic carbocycles. The van der Waals surface area contributed by atoms with Crippen molar-refractivity contribution in [2.75, 3.05) is 17.6 Å². The molecule has 0 spiro atoms. The van der Waals surface area contributed by atoms with Crippen LogP contribution < -0.4 is 11.1 Å². The van der Waals surface area contributed by atoms with E-state index in [0.717, 1.165) is 0 Å². The second-order valence-electron chi connectivity index (χ2n) is 2.10. The van der Waals surface area contributed by atoms with Crippen molar-refractivity contribution in [2.45, 2.75) is 6.43 Å². The van der Waals surface area contributed by atoms with Crippen LogP contribution in [-0.2, 0) is 0 Å². The summed E-state index contributed by atoms with van der Waals surface area (Å²) in [4.78, 5) is 7.28. The van der Waals surface area contributed by atoms with E-state index in [2.05, 4.69) is 15.3 Å². The van der Waals surface area contributed by atoms with Gasteiger partial charge in [-0.15, -0.1) is 0 Å². The maximum atomic E-state index is 11.7. The highest BCUT2D eigenvalue weighted by Gasteiger charge is 2.04. The van der Waals surface area contributed by atoms with Crippen LogP contribution in [0, 0.1) is 0 Å². The number of nitrogens with one attached hydrogen (secondary N) is 1.